The van der Waals surface area contributed by atoms with Crippen LogP contribution in [0.15, 0.2) is 42.5 Å². The van der Waals surface area contributed by atoms with Crippen LogP contribution < -0.4 is 5.32 Å². The van der Waals surface area contributed by atoms with Crippen molar-refractivity contribution in [2.75, 3.05) is 19.0 Å². The number of hydrogen-bond acceptors (Lipinski definition) is 4. The fraction of sp³-hybridized carbons (Fsp3) is 0.238. The molecule has 1 heterocycles. The lowest BCUT2D eigenvalue weighted by Gasteiger charge is -2.09. The van der Waals surface area contributed by atoms with Gasteiger partial charge in [-0.05, 0) is 42.3 Å². The number of rotatable bonds is 6. The molecular weight excluding hydrogens is 404 g/mol. The molecule has 0 saturated heterocycles. The molecule has 2 aromatic carbocycles. The van der Waals surface area contributed by atoms with E-state index in [9.17, 15) is 17.6 Å². The first-order valence-electron chi connectivity index (χ1n) is 8.65. The summed E-state index contributed by atoms with van der Waals surface area (Å²) >= 11 is 0. The molecule has 0 atom stereocenters. The molecule has 0 aliphatic rings. The molecule has 2 N–H and O–H groups in total. The Morgan fingerprint density at radius 3 is 2.23 bits per heavy atom. The van der Waals surface area contributed by atoms with Gasteiger partial charge in [-0.15, -0.1) is 0 Å². The van der Waals surface area contributed by atoms with Crippen LogP contribution in [0.4, 0.5) is 23.4 Å². The van der Waals surface area contributed by atoms with Crippen molar-refractivity contribution in [2.45, 2.75) is 19.2 Å². The van der Waals surface area contributed by atoms with E-state index >= 15 is 0 Å². The van der Waals surface area contributed by atoms with Crippen LogP contribution in [0.3, 0.4) is 0 Å². The molecule has 0 spiro atoms. The maximum atomic E-state index is 13.0. The maximum Gasteiger partial charge on any atom is 0.416 e. The quantitative estimate of drug-likeness (QED) is 0.558. The standard InChI is InChI=1S/C19H18F4N2O.2CH2O/c1-26-11-16-15-10-13(19(21,22)23)4-7-17(15)25-18(16)24-9-8-12-2-5-14(20)6-3-12;2*1-2/h2-7,10,24-25H,8-9,11H2,1H3;2*1H2. The minimum Gasteiger partial charge on any atom is -0.380 e. The summed E-state index contributed by atoms with van der Waals surface area (Å²) < 4.78 is 57.0. The molecule has 0 bridgehead atoms. The summed E-state index contributed by atoms with van der Waals surface area (Å²) in [5, 5.41) is 3.68. The van der Waals surface area contributed by atoms with Gasteiger partial charge >= 0.3 is 6.18 Å². The number of ether oxygens (including phenoxy) is 1. The number of nitrogens with one attached hydrogen (secondary N) is 2. The van der Waals surface area contributed by atoms with E-state index in [0.29, 0.717) is 35.2 Å². The van der Waals surface area contributed by atoms with E-state index in [1.165, 1.54) is 25.3 Å². The van der Waals surface area contributed by atoms with Gasteiger partial charge in [0.05, 0.1) is 12.2 Å². The number of hydrogen-bond donors (Lipinski definition) is 2. The molecule has 0 saturated carbocycles. The lowest BCUT2D eigenvalue weighted by molar-refractivity contribution is -0.137. The number of H-pyrrole nitrogens is 1. The van der Waals surface area contributed by atoms with Gasteiger partial charge in [0, 0.05) is 30.1 Å². The van der Waals surface area contributed by atoms with E-state index in [4.69, 9.17) is 14.3 Å². The Balaban J connectivity index is 0.00000106. The van der Waals surface area contributed by atoms with Crippen molar-refractivity contribution < 1.29 is 31.9 Å². The maximum absolute atomic E-state index is 13.0. The van der Waals surface area contributed by atoms with Crippen molar-refractivity contribution in [3.8, 4) is 0 Å². The van der Waals surface area contributed by atoms with E-state index in [0.717, 1.165) is 17.7 Å². The highest BCUT2D eigenvalue weighted by Crippen LogP contribution is 2.34. The number of anilines is 1. The number of benzene rings is 2. The Kier molecular flexibility index (Phi) is 9.70. The average molecular weight is 426 g/mol. The van der Waals surface area contributed by atoms with Gasteiger partial charge in [0.2, 0.25) is 0 Å². The summed E-state index contributed by atoms with van der Waals surface area (Å²) in [6.45, 7) is 4.72. The van der Waals surface area contributed by atoms with Crippen molar-refractivity contribution in [1.82, 2.24) is 4.98 Å². The monoisotopic (exact) mass is 426 g/mol. The molecule has 0 amide bonds. The van der Waals surface area contributed by atoms with Crippen molar-refractivity contribution in [3.05, 3.63) is 65.0 Å². The van der Waals surface area contributed by atoms with Gasteiger partial charge in [0.1, 0.15) is 25.2 Å². The first kappa shape index (κ1) is 24.8. The minimum atomic E-state index is -4.40. The fourth-order valence-corrected chi connectivity index (χ4v) is 2.85. The summed E-state index contributed by atoms with van der Waals surface area (Å²) in [6, 6.07) is 9.80. The summed E-state index contributed by atoms with van der Waals surface area (Å²) in [6.07, 6.45) is -3.75. The van der Waals surface area contributed by atoms with Gasteiger partial charge in [0.15, 0.2) is 0 Å². The van der Waals surface area contributed by atoms with Crippen molar-refractivity contribution >= 4 is 30.3 Å². The Morgan fingerprint density at radius 2 is 1.67 bits per heavy atom. The zero-order valence-corrected chi connectivity index (χ0v) is 16.3. The number of aromatic nitrogens is 1. The number of methoxy groups -OCH3 is 1. The van der Waals surface area contributed by atoms with Gasteiger partial charge in [0.25, 0.3) is 0 Å². The SMILES string of the molecule is C=O.C=O.COCc1c(NCCc2ccc(F)cc2)[nH]c2ccc(C(F)(F)F)cc12. The van der Waals surface area contributed by atoms with Crippen LogP contribution >= 0.6 is 0 Å². The van der Waals surface area contributed by atoms with E-state index in [1.807, 2.05) is 13.6 Å². The molecule has 9 heteroatoms. The molecule has 3 rings (SSSR count). The molecule has 0 radical (unpaired) electrons. The molecular formula is C21H22F4N2O3. The molecule has 3 aromatic rings. The van der Waals surface area contributed by atoms with Crippen LogP contribution in [-0.2, 0) is 33.5 Å². The first-order valence-corrected chi connectivity index (χ1v) is 8.65. The highest BCUT2D eigenvalue weighted by Gasteiger charge is 2.31. The summed E-state index contributed by atoms with van der Waals surface area (Å²) in [5.41, 5.74) is 1.52. The molecule has 0 fully saturated rings. The van der Waals surface area contributed by atoms with E-state index in [2.05, 4.69) is 10.3 Å². The van der Waals surface area contributed by atoms with E-state index < -0.39 is 11.7 Å². The second-order valence-corrected chi connectivity index (χ2v) is 5.97. The molecule has 162 valence electrons. The molecule has 5 nitrogen and oxygen atoms in total. The smallest absolute Gasteiger partial charge is 0.380 e. The van der Waals surface area contributed by atoms with Gasteiger partial charge in [-0.3, -0.25) is 0 Å². The third kappa shape index (κ3) is 6.41. The van der Waals surface area contributed by atoms with Crippen LogP contribution in [0.2, 0.25) is 0 Å². The Morgan fingerprint density at radius 1 is 1.03 bits per heavy atom. The lowest BCUT2D eigenvalue weighted by atomic mass is 10.1. The van der Waals surface area contributed by atoms with Crippen LogP contribution in [0, 0.1) is 5.82 Å². The van der Waals surface area contributed by atoms with Crippen LogP contribution in [0.1, 0.15) is 16.7 Å². The van der Waals surface area contributed by atoms with Crippen molar-refractivity contribution in [2.24, 2.45) is 0 Å². The number of carbonyl (C=O) groups excluding carboxylic acids is 2. The number of fused-ring (bicyclic) bond motifs is 1. The van der Waals surface area contributed by atoms with E-state index in [1.54, 1.807) is 12.1 Å². The molecule has 30 heavy (non-hydrogen) atoms. The third-order valence-electron chi connectivity index (χ3n) is 4.15. The second kappa shape index (κ2) is 11.7. The molecule has 0 aliphatic heterocycles. The van der Waals surface area contributed by atoms with E-state index in [-0.39, 0.29) is 12.4 Å². The highest BCUT2D eigenvalue weighted by atomic mass is 19.4. The fourth-order valence-electron chi connectivity index (χ4n) is 2.85. The lowest BCUT2D eigenvalue weighted by Crippen LogP contribution is -2.07. The van der Waals surface area contributed by atoms with Gasteiger partial charge in [-0.1, -0.05) is 12.1 Å². The topological polar surface area (TPSA) is 71.2 Å². The van der Waals surface area contributed by atoms with Crippen molar-refractivity contribution in [3.63, 3.8) is 0 Å². The van der Waals surface area contributed by atoms with Crippen molar-refractivity contribution in [1.29, 1.82) is 0 Å². The number of aromatic amines is 1. The highest BCUT2D eigenvalue weighted by molar-refractivity contribution is 5.89. The molecule has 0 aliphatic carbocycles. The van der Waals surface area contributed by atoms with Gasteiger partial charge < -0.3 is 24.6 Å². The number of carbonyl (C=O) groups is 2. The zero-order chi connectivity index (χ0) is 22.7. The summed E-state index contributed by atoms with van der Waals surface area (Å²) in [4.78, 5) is 19.1. The minimum absolute atomic E-state index is 0.181. The Labute approximate surface area is 171 Å². The average Bonchev–Trinajstić information content (AvgIpc) is 3.09. The molecule has 1 aromatic heterocycles. The largest absolute Gasteiger partial charge is 0.416 e. The van der Waals surface area contributed by atoms with Gasteiger partial charge in [-0.25, -0.2) is 4.39 Å². The summed E-state index contributed by atoms with van der Waals surface area (Å²) in [7, 11) is 1.49. The number of halogens is 4. The van der Waals surface area contributed by atoms with Crippen LogP contribution in [0.25, 0.3) is 10.9 Å². The Bertz CT molecular complexity index is 922. The first-order chi connectivity index (χ1) is 14.4. The Hall–Kier alpha value is -3.20. The zero-order valence-electron chi connectivity index (χ0n) is 16.3. The summed E-state index contributed by atoms with van der Waals surface area (Å²) in [5.74, 6) is 0.337. The van der Waals surface area contributed by atoms with Crippen LogP contribution in [-0.4, -0.2) is 32.2 Å². The predicted octanol–water partition coefficient (Wildman–Crippen LogP) is 4.76. The normalized spacial score (nSPS) is 10.6. The predicted molar refractivity (Wildman–Crippen MR) is 107 cm³/mol. The molecule has 0 unspecified atom stereocenters. The van der Waals surface area contributed by atoms with Gasteiger partial charge in [-0.2, -0.15) is 13.2 Å². The van der Waals surface area contributed by atoms with Crippen LogP contribution in [0.5, 0.6) is 0 Å². The number of alkyl halides is 3. The third-order valence-corrected chi connectivity index (χ3v) is 4.15. The second-order valence-electron chi connectivity index (χ2n) is 5.97.